The maximum Gasteiger partial charge on any atom is 0.328 e. The monoisotopic (exact) mass is 234 g/mol. The lowest BCUT2D eigenvalue weighted by Gasteiger charge is -2.10. The molecule has 0 atom stereocenters. The molecule has 0 bridgehead atoms. The van der Waals surface area contributed by atoms with Crippen molar-refractivity contribution in [2.75, 3.05) is 0 Å². The molecule has 0 aliphatic carbocycles. The van der Waals surface area contributed by atoms with Crippen molar-refractivity contribution >= 4 is 18.0 Å². The van der Waals surface area contributed by atoms with Crippen LogP contribution in [0.4, 0.5) is 0 Å². The molecule has 90 valence electrons. The third-order valence-corrected chi connectivity index (χ3v) is 2.15. The second-order valence-corrected chi connectivity index (χ2v) is 3.75. The van der Waals surface area contributed by atoms with Gasteiger partial charge >= 0.3 is 11.9 Å². The van der Waals surface area contributed by atoms with E-state index in [0.717, 1.165) is 22.8 Å². The highest BCUT2D eigenvalue weighted by atomic mass is 16.5. The van der Waals surface area contributed by atoms with E-state index in [1.807, 2.05) is 13.8 Å². The second kappa shape index (κ2) is 5.30. The van der Waals surface area contributed by atoms with E-state index in [-0.39, 0.29) is 5.97 Å². The van der Waals surface area contributed by atoms with Gasteiger partial charge in [0.2, 0.25) is 0 Å². The van der Waals surface area contributed by atoms with Crippen molar-refractivity contribution in [1.82, 2.24) is 0 Å². The predicted octanol–water partition coefficient (Wildman–Crippen LogP) is 2.33. The Balaban J connectivity index is 3.09. The molecule has 1 aromatic carbocycles. The normalized spacial score (nSPS) is 10.5. The number of carboxylic acid groups (broad SMARTS) is 1. The van der Waals surface area contributed by atoms with Gasteiger partial charge in [0.1, 0.15) is 5.75 Å². The first-order valence-corrected chi connectivity index (χ1v) is 5.11. The smallest absolute Gasteiger partial charge is 0.328 e. The number of hydrogen-bond donors (Lipinski definition) is 1. The number of esters is 1. The molecule has 1 rings (SSSR count). The van der Waals surface area contributed by atoms with E-state index in [0.29, 0.717) is 5.75 Å². The summed E-state index contributed by atoms with van der Waals surface area (Å²) in [6.45, 7) is 4.96. The van der Waals surface area contributed by atoms with Gasteiger partial charge in [-0.1, -0.05) is 0 Å². The topological polar surface area (TPSA) is 63.6 Å². The van der Waals surface area contributed by atoms with Gasteiger partial charge in [0.05, 0.1) is 0 Å². The number of aliphatic carboxylic acids is 1. The van der Waals surface area contributed by atoms with Crippen molar-refractivity contribution in [2.45, 2.75) is 20.8 Å². The van der Waals surface area contributed by atoms with Gasteiger partial charge in [-0.05, 0) is 48.7 Å². The van der Waals surface area contributed by atoms with Crippen LogP contribution in [0.25, 0.3) is 6.08 Å². The number of carboxylic acids is 1. The van der Waals surface area contributed by atoms with Crippen LogP contribution >= 0.6 is 0 Å². The molecular weight excluding hydrogens is 220 g/mol. The molecular formula is C13H14O4. The van der Waals surface area contributed by atoms with Gasteiger partial charge in [-0.2, -0.15) is 0 Å². The van der Waals surface area contributed by atoms with Gasteiger partial charge in [-0.3, -0.25) is 4.79 Å². The van der Waals surface area contributed by atoms with E-state index in [1.165, 1.54) is 13.0 Å². The number of ether oxygens (including phenoxy) is 1. The van der Waals surface area contributed by atoms with Crippen molar-refractivity contribution in [1.29, 1.82) is 0 Å². The van der Waals surface area contributed by atoms with Crippen LogP contribution in [0.1, 0.15) is 23.6 Å². The molecule has 1 aromatic rings. The lowest BCUT2D eigenvalue weighted by Crippen LogP contribution is -2.04. The third kappa shape index (κ3) is 3.75. The van der Waals surface area contributed by atoms with Crippen LogP contribution in [0.15, 0.2) is 18.2 Å². The van der Waals surface area contributed by atoms with E-state index in [4.69, 9.17) is 9.84 Å². The molecule has 0 aliphatic heterocycles. The summed E-state index contributed by atoms with van der Waals surface area (Å²) >= 11 is 0. The molecule has 4 nitrogen and oxygen atoms in total. The molecule has 4 heteroatoms. The lowest BCUT2D eigenvalue weighted by atomic mass is 10.1. The van der Waals surface area contributed by atoms with Crippen molar-refractivity contribution in [3.63, 3.8) is 0 Å². The highest BCUT2D eigenvalue weighted by Crippen LogP contribution is 2.25. The Morgan fingerprint density at radius 3 is 2.18 bits per heavy atom. The Morgan fingerprint density at radius 1 is 1.24 bits per heavy atom. The lowest BCUT2D eigenvalue weighted by molar-refractivity contribution is -0.132. The van der Waals surface area contributed by atoms with Crippen molar-refractivity contribution in [3.05, 3.63) is 34.9 Å². The van der Waals surface area contributed by atoms with Crippen LogP contribution in [-0.2, 0) is 9.59 Å². The highest BCUT2D eigenvalue weighted by molar-refractivity contribution is 5.85. The van der Waals surface area contributed by atoms with Crippen LogP contribution in [0, 0.1) is 13.8 Å². The minimum Gasteiger partial charge on any atom is -0.478 e. The zero-order chi connectivity index (χ0) is 13.0. The summed E-state index contributed by atoms with van der Waals surface area (Å²) in [6.07, 6.45) is 2.57. The minimum atomic E-state index is -0.996. The van der Waals surface area contributed by atoms with E-state index >= 15 is 0 Å². The number of carbonyl (C=O) groups is 2. The number of rotatable bonds is 3. The van der Waals surface area contributed by atoms with Crippen molar-refractivity contribution in [3.8, 4) is 5.75 Å². The first-order chi connectivity index (χ1) is 7.90. The molecule has 17 heavy (non-hydrogen) atoms. The average molecular weight is 234 g/mol. The third-order valence-electron chi connectivity index (χ3n) is 2.15. The largest absolute Gasteiger partial charge is 0.478 e. The Kier molecular flexibility index (Phi) is 4.04. The first kappa shape index (κ1) is 13.0. The quantitative estimate of drug-likeness (QED) is 0.495. The van der Waals surface area contributed by atoms with Gasteiger partial charge in [0.25, 0.3) is 0 Å². The molecule has 0 saturated carbocycles. The Hall–Kier alpha value is -2.10. The molecule has 0 fully saturated rings. The van der Waals surface area contributed by atoms with Crippen LogP contribution in [-0.4, -0.2) is 17.0 Å². The van der Waals surface area contributed by atoms with Gasteiger partial charge in [-0.25, -0.2) is 4.79 Å². The van der Waals surface area contributed by atoms with Crippen LogP contribution < -0.4 is 4.74 Å². The SMILES string of the molecule is CC(=O)Oc1c(C)cc(/C=C/C(=O)O)cc1C. The maximum atomic E-state index is 10.9. The Morgan fingerprint density at radius 2 is 1.76 bits per heavy atom. The number of hydrogen-bond acceptors (Lipinski definition) is 3. The van der Waals surface area contributed by atoms with E-state index in [2.05, 4.69) is 0 Å². The fraction of sp³-hybridized carbons (Fsp3) is 0.231. The van der Waals surface area contributed by atoms with Gasteiger partial charge in [0, 0.05) is 13.0 Å². The number of carbonyl (C=O) groups excluding carboxylic acids is 1. The highest BCUT2D eigenvalue weighted by Gasteiger charge is 2.07. The number of aryl methyl sites for hydroxylation is 2. The summed E-state index contributed by atoms with van der Waals surface area (Å²) in [7, 11) is 0. The minimum absolute atomic E-state index is 0.370. The molecule has 0 spiro atoms. The number of benzene rings is 1. The summed E-state index contributed by atoms with van der Waals surface area (Å²) in [5, 5.41) is 8.53. The molecule has 0 aliphatic rings. The molecule has 0 heterocycles. The van der Waals surface area contributed by atoms with Crippen LogP contribution in [0.5, 0.6) is 5.75 Å². The van der Waals surface area contributed by atoms with E-state index < -0.39 is 5.97 Å². The standard InChI is InChI=1S/C13H14O4/c1-8-6-11(4-5-12(15)16)7-9(2)13(8)17-10(3)14/h4-7H,1-3H3,(H,15,16)/b5-4+. The Labute approximate surface area is 99.5 Å². The first-order valence-electron chi connectivity index (χ1n) is 5.11. The van der Waals surface area contributed by atoms with E-state index in [9.17, 15) is 9.59 Å². The van der Waals surface area contributed by atoms with Crippen LogP contribution in [0.3, 0.4) is 0 Å². The fourth-order valence-electron chi connectivity index (χ4n) is 1.55. The Bertz CT molecular complexity index is 463. The average Bonchev–Trinajstić information content (AvgIpc) is 2.20. The van der Waals surface area contributed by atoms with Crippen LogP contribution in [0.2, 0.25) is 0 Å². The summed E-state index contributed by atoms with van der Waals surface area (Å²) in [5.74, 6) is -0.834. The maximum absolute atomic E-state index is 10.9. The van der Waals surface area contributed by atoms with Gasteiger partial charge in [0.15, 0.2) is 0 Å². The fourth-order valence-corrected chi connectivity index (χ4v) is 1.55. The van der Waals surface area contributed by atoms with Crippen molar-refractivity contribution in [2.24, 2.45) is 0 Å². The van der Waals surface area contributed by atoms with E-state index in [1.54, 1.807) is 12.1 Å². The molecule has 0 amide bonds. The van der Waals surface area contributed by atoms with Gasteiger partial charge in [-0.15, -0.1) is 0 Å². The molecule has 0 aromatic heterocycles. The summed E-state index contributed by atoms with van der Waals surface area (Å²) < 4.78 is 5.08. The molecule has 0 saturated heterocycles. The second-order valence-electron chi connectivity index (χ2n) is 3.75. The zero-order valence-corrected chi connectivity index (χ0v) is 9.98. The summed E-state index contributed by atoms with van der Waals surface area (Å²) in [4.78, 5) is 21.3. The molecule has 1 N–H and O–H groups in total. The summed E-state index contributed by atoms with van der Waals surface area (Å²) in [5.41, 5.74) is 2.36. The van der Waals surface area contributed by atoms with Gasteiger partial charge < -0.3 is 9.84 Å². The zero-order valence-electron chi connectivity index (χ0n) is 9.98. The molecule has 0 unspecified atom stereocenters. The van der Waals surface area contributed by atoms with Crippen molar-refractivity contribution < 1.29 is 19.4 Å². The molecule has 0 radical (unpaired) electrons. The summed E-state index contributed by atoms with van der Waals surface area (Å²) in [6, 6.07) is 3.54. The predicted molar refractivity (Wildman–Crippen MR) is 63.9 cm³/mol.